The second-order valence-electron chi connectivity index (χ2n) is 16.1. The van der Waals surface area contributed by atoms with Gasteiger partial charge in [-0.15, -0.1) is 0 Å². The van der Waals surface area contributed by atoms with Gasteiger partial charge in [-0.2, -0.15) is 0 Å². The van der Waals surface area contributed by atoms with Gasteiger partial charge in [0.2, 0.25) is 0 Å². The maximum atomic E-state index is 5.22. The molecule has 0 spiro atoms. The van der Waals surface area contributed by atoms with Gasteiger partial charge in [0, 0.05) is 67.4 Å². The van der Waals surface area contributed by atoms with Gasteiger partial charge in [-0.3, -0.25) is 4.99 Å². The van der Waals surface area contributed by atoms with E-state index in [1.807, 2.05) is 0 Å². The maximum absolute atomic E-state index is 5.22. The number of benzene rings is 7. The molecule has 1 aliphatic rings. The van der Waals surface area contributed by atoms with Crippen LogP contribution in [0.1, 0.15) is 35.7 Å². The van der Waals surface area contributed by atoms with Crippen molar-refractivity contribution in [1.29, 1.82) is 0 Å². The van der Waals surface area contributed by atoms with Crippen molar-refractivity contribution in [2.45, 2.75) is 26.8 Å². The number of aryl methyl sites for hydroxylation is 1. The summed E-state index contributed by atoms with van der Waals surface area (Å²) in [5, 5.41) is 6.32. The lowest BCUT2D eigenvalue weighted by Crippen LogP contribution is -2.07. The number of nitrogens with zero attached hydrogens (tertiary/aromatic N) is 5. The zero-order chi connectivity index (χ0) is 41.6. The van der Waals surface area contributed by atoms with Crippen molar-refractivity contribution in [3.8, 4) is 11.4 Å². The van der Waals surface area contributed by atoms with Crippen molar-refractivity contribution in [2.24, 2.45) is 15.9 Å². The number of para-hydroxylation sites is 5. The average Bonchev–Trinajstić information content (AvgIpc) is 3.95. The van der Waals surface area contributed by atoms with E-state index < -0.39 is 0 Å². The third-order valence-electron chi connectivity index (χ3n) is 12.4. The highest BCUT2D eigenvalue weighted by Gasteiger charge is 2.17. The zero-order valence-corrected chi connectivity index (χ0v) is 34.9. The van der Waals surface area contributed by atoms with Crippen molar-refractivity contribution < 1.29 is 0 Å². The van der Waals surface area contributed by atoms with Crippen LogP contribution >= 0.6 is 0 Å². The number of fused-ring (bicyclic) bond motifs is 7. The highest BCUT2D eigenvalue weighted by Crippen LogP contribution is 2.35. The monoisotopic (exact) mass is 799 g/mol. The molecule has 11 rings (SSSR count). The van der Waals surface area contributed by atoms with Crippen LogP contribution in [-0.2, 0) is 6.54 Å². The fourth-order valence-corrected chi connectivity index (χ4v) is 9.41. The Morgan fingerprint density at radius 2 is 1.05 bits per heavy atom. The number of hydrogen-bond acceptors (Lipinski definition) is 1. The summed E-state index contributed by atoms with van der Waals surface area (Å²) < 4.78 is 7.08. The van der Waals surface area contributed by atoms with Crippen LogP contribution in [0.5, 0.6) is 0 Å². The summed E-state index contributed by atoms with van der Waals surface area (Å²) in [7, 11) is 0. The lowest BCUT2D eigenvalue weighted by atomic mass is 10.0. The first-order valence-corrected chi connectivity index (χ1v) is 21.5. The van der Waals surface area contributed by atoms with Crippen LogP contribution in [0.25, 0.3) is 77.7 Å². The van der Waals surface area contributed by atoms with E-state index in [0.717, 1.165) is 34.8 Å². The topological polar surface area (TPSA) is 39.5 Å². The molecule has 5 nitrogen and oxygen atoms in total. The molecule has 0 saturated carbocycles. The minimum absolute atomic E-state index is 0.138. The van der Waals surface area contributed by atoms with Crippen molar-refractivity contribution in [2.75, 3.05) is 0 Å². The van der Waals surface area contributed by atoms with Gasteiger partial charge in [0.05, 0.1) is 34.1 Å². The van der Waals surface area contributed by atoms with Crippen LogP contribution < -0.4 is 0 Å². The smallest absolute Gasteiger partial charge is 0.154 e. The van der Waals surface area contributed by atoms with E-state index in [1.54, 1.807) is 0 Å². The number of aromatic nitrogens is 3. The molecule has 298 valence electrons. The maximum Gasteiger partial charge on any atom is 0.154 e. The molecule has 0 saturated heterocycles. The summed E-state index contributed by atoms with van der Waals surface area (Å²) >= 11 is 0. The Labute approximate surface area is 361 Å². The lowest BCUT2D eigenvalue weighted by molar-refractivity contribution is 0.883. The van der Waals surface area contributed by atoms with Gasteiger partial charge in [0.25, 0.3) is 0 Å². The Bertz CT molecular complexity index is 3360. The SMILES string of the molecule is C/C=C\c1c(C)c2ccccc2n1-c1ccc(C(N=CC2C=CC(n3c4ccccc4c4ccccc43)=CC2)=NCc2ccc(-n3c4ccccc4c4ccccc43)cc2)cc1. The Balaban J connectivity index is 0.920. The molecule has 0 bridgehead atoms. The van der Waals surface area contributed by atoms with Crippen molar-refractivity contribution in [3.63, 3.8) is 0 Å². The molecule has 0 N–H and O–H groups in total. The van der Waals surface area contributed by atoms with Gasteiger partial charge in [-0.25, -0.2) is 4.99 Å². The van der Waals surface area contributed by atoms with E-state index in [9.17, 15) is 0 Å². The summed E-state index contributed by atoms with van der Waals surface area (Å²) in [6.07, 6.45) is 14.1. The van der Waals surface area contributed by atoms with E-state index in [4.69, 9.17) is 9.98 Å². The average molecular weight is 800 g/mol. The fraction of sp³-hybridized carbons (Fsp3) is 0.0877. The van der Waals surface area contributed by atoms with Gasteiger partial charge < -0.3 is 13.7 Å². The molecule has 1 aliphatic carbocycles. The molecule has 62 heavy (non-hydrogen) atoms. The fourth-order valence-electron chi connectivity index (χ4n) is 9.41. The van der Waals surface area contributed by atoms with Gasteiger partial charge in [0.1, 0.15) is 0 Å². The third kappa shape index (κ3) is 6.41. The molecule has 0 aliphatic heterocycles. The van der Waals surface area contributed by atoms with Crippen molar-refractivity contribution in [3.05, 3.63) is 217 Å². The molecule has 3 aromatic heterocycles. The van der Waals surface area contributed by atoms with Gasteiger partial charge in [-0.1, -0.05) is 121 Å². The second-order valence-corrected chi connectivity index (χ2v) is 16.1. The van der Waals surface area contributed by atoms with Crippen LogP contribution in [0.2, 0.25) is 0 Å². The normalized spacial score (nSPS) is 14.8. The standard InChI is InChI=1S/C57H45N5/c1-3-14-51-39(2)46-15-4-9-20-52(46)60(51)45-35-29-42(30-36-45)57(58-37-40-25-31-43(32-26-40)61-53-21-10-5-16-47(53)48-17-6-11-22-54(48)61)59-38-41-27-33-44(34-28-41)62-55-23-12-7-18-49(55)50-19-8-13-24-56(50)62/h3-27,29-36,38,41H,28,37H2,1-2H3/b14-3-,58-57?,59-38?. The minimum atomic E-state index is 0.138. The number of hydrogen-bond donors (Lipinski definition) is 0. The Kier molecular flexibility index (Phi) is 9.43. The number of allylic oxidation sites excluding steroid dienone is 5. The number of amidine groups is 1. The van der Waals surface area contributed by atoms with E-state index in [0.29, 0.717) is 6.54 Å². The first kappa shape index (κ1) is 37.3. The van der Waals surface area contributed by atoms with Crippen LogP contribution in [0.3, 0.4) is 0 Å². The van der Waals surface area contributed by atoms with Gasteiger partial charge in [-0.05, 0) is 110 Å². The minimum Gasteiger partial charge on any atom is -0.310 e. The molecule has 0 radical (unpaired) electrons. The van der Waals surface area contributed by atoms with E-state index in [-0.39, 0.29) is 5.92 Å². The molecule has 0 amide bonds. The van der Waals surface area contributed by atoms with E-state index >= 15 is 0 Å². The van der Waals surface area contributed by atoms with Crippen LogP contribution in [0.15, 0.2) is 204 Å². The molecule has 1 unspecified atom stereocenters. The highest BCUT2D eigenvalue weighted by molar-refractivity contribution is 6.11. The number of aliphatic imine (C=N–C) groups is 2. The molecule has 1 atom stereocenters. The Morgan fingerprint density at radius 3 is 1.58 bits per heavy atom. The van der Waals surface area contributed by atoms with Crippen LogP contribution in [-0.4, -0.2) is 25.8 Å². The lowest BCUT2D eigenvalue weighted by Gasteiger charge is -2.16. The predicted molar refractivity (Wildman–Crippen MR) is 263 cm³/mol. The molecule has 0 fully saturated rings. The largest absolute Gasteiger partial charge is 0.310 e. The number of rotatable bonds is 8. The Hall–Kier alpha value is -7.76. The van der Waals surface area contributed by atoms with Crippen molar-refractivity contribution in [1.82, 2.24) is 13.7 Å². The quantitative estimate of drug-likeness (QED) is 0.108. The zero-order valence-electron chi connectivity index (χ0n) is 34.9. The van der Waals surface area contributed by atoms with Crippen LogP contribution in [0, 0.1) is 12.8 Å². The molecular weight excluding hydrogens is 755 g/mol. The summed E-state index contributed by atoms with van der Waals surface area (Å²) in [6, 6.07) is 60.8. The Morgan fingerprint density at radius 1 is 0.565 bits per heavy atom. The first-order chi connectivity index (χ1) is 30.6. The summed E-state index contributed by atoms with van der Waals surface area (Å²) in [5.41, 5.74) is 14.0. The molecule has 5 heteroatoms. The molecular formula is C57H45N5. The molecule has 3 heterocycles. The second kappa shape index (κ2) is 15.7. The first-order valence-electron chi connectivity index (χ1n) is 21.5. The summed E-state index contributed by atoms with van der Waals surface area (Å²) in [4.78, 5) is 10.4. The van der Waals surface area contributed by atoms with Crippen molar-refractivity contribution >= 4 is 78.3 Å². The van der Waals surface area contributed by atoms with Gasteiger partial charge >= 0.3 is 0 Å². The van der Waals surface area contributed by atoms with E-state index in [1.165, 1.54) is 71.5 Å². The summed E-state index contributed by atoms with van der Waals surface area (Å²) in [5.74, 6) is 0.857. The molecule has 10 aromatic rings. The highest BCUT2D eigenvalue weighted by atomic mass is 15.0. The van der Waals surface area contributed by atoms with E-state index in [2.05, 4.69) is 234 Å². The summed E-state index contributed by atoms with van der Waals surface area (Å²) in [6.45, 7) is 4.79. The van der Waals surface area contributed by atoms with Gasteiger partial charge in [0.15, 0.2) is 5.84 Å². The van der Waals surface area contributed by atoms with Crippen LogP contribution in [0.4, 0.5) is 0 Å². The molecule has 7 aromatic carbocycles. The predicted octanol–water partition coefficient (Wildman–Crippen LogP) is 14.3. The third-order valence-corrected chi connectivity index (χ3v) is 12.4.